The first-order valence-corrected chi connectivity index (χ1v) is 16.8. The summed E-state index contributed by atoms with van der Waals surface area (Å²) in [6, 6.07) is 24.3. The topological polar surface area (TPSA) is 88.2 Å². The van der Waals surface area contributed by atoms with E-state index in [1.165, 1.54) is 13.2 Å². The van der Waals surface area contributed by atoms with Crippen LogP contribution < -0.4 is 10.1 Å². The first kappa shape index (κ1) is 33.1. The van der Waals surface area contributed by atoms with Gasteiger partial charge in [0.1, 0.15) is 17.1 Å². The van der Waals surface area contributed by atoms with Crippen LogP contribution in [0.5, 0.6) is 5.75 Å². The van der Waals surface area contributed by atoms with E-state index in [9.17, 15) is 14.4 Å². The summed E-state index contributed by atoms with van der Waals surface area (Å²) in [5.41, 5.74) is 2.41. The number of rotatable bonds is 7. The molecule has 2 fully saturated rings. The Hall–Kier alpha value is -4.44. The second-order valence-electron chi connectivity index (χ2n) is 12.8. The molecule has 0 bridgehead atoms. The fraction of sp³-hybridized carbons (Fsp3) is 0.289. The van der Waals surface area contributed by atoms with Crippen molar-refractivity contribution in [1.82, 2.24) is 9.80 Å². The van der Waals surface area contributed by atoms with E-state index in [2.05, 4.69) is 10.2 Å². The van der Waals surface area contributed by atoms with Crippen molar-refractivity contribution in [2.75, 3.05) is 26.1 Å². The quantitative estimate of drug-likeness (QED) is 0.212. The standard InChI is InChI=1S/C38H34Cl2FN3O5/c1-48-27-6-3-5-23(17-27)21-44-31-15-16-43(20-22-9-11-24(12-10-22)36(46)49-2)35(45)32(31)33(28-7-4-8-29(40)34(28)41)38(44)19-25-13-14-26(39)18-30(25)42-37(38)47/h3-14,17-18,31-33H,15-16,19-21H2,1-2H3,(H,42,47)/t31?,32-,33+,38?/m1/s1. The molecule has 8 nitrogen and oxygen atoms in total. The minimum absolute atomic E-state index is 0.0790. The molecule has 3 aliphatic heterocycles. The number of nitrogens with zero attached hydrogens (tertiary/aromatic N) is 2. The predicted octanol–water partition coefficient (Wildman–Crippen LogP) is 6.88. The van der Waals surface area contributed by atoms with Crippen molar-refractivity contribution >= 4 is 46.7 Å². The minimum Gasteiger partial charge on any atom is -0.497 e. The number of likely N-dealkylation sites (tertiary alicyclic amines) is 2. The Bertz CT molecular complexity index is 1960. The second kappa shape index (κ2) is 13.1. The summed E-state index contributed by atoms with van der Waals surface area (Å²) in [7, 11) is 2.92. The number of fused-ring (bicyclic) bond motifs is 2. The molecular weight excluding hydrogens is 668 g/mol. The van der Waals surface area contributed by atoms with Crippen molar-refractivity contribution in [2.24, 2.45) is 5.92 Å². The zero-order valence-electron chi connectivity index (χ0n) is 26.9. The highest BCUT2D eigenvalue weighted by atomic mass is 35.5. The van der Waals surface area contributed by atoms with Crippen molar-refractivity contribution in [3.8, 4) is 5.75 Å². The predicted molar refractivity (Wildman–Crippen MR) is 184 cm³/mol. The summed E-state index contributed by atoms with van der Waals surface area (Å²) < 4.78 is 26.6. The van der Waals surface area contributed by atoms with Crippen LogP contribution in [0.15, 0.2) is 84.9 Å². The number of hydrogen-bond acceptors (Lipinski definition) is 6. The summed E-state index contributed by atoms with van der Waals surface area (Å²) in [5, 5.41) is 3.49. The molecular formula is C38H34Cl2FN3O5. The van der Waals surface area contributed by atoms with E-state index >= 15 is 4.39 Å². The van der Waals surface area contributed by atoms with E-state index < -0.39 is 35.2 Å². The number of nitrogens with one attached hydrogen (secondary N) is 1. The highest BCUT2D eigenvalue weighted by Gasteiger charge is 2.67. The average molecular weight is 703 g/mol. The molecule has 1 spiro atoms. The van der Waals surface area contributed by atoms with Gasteiger partial charge in [-0.25, -0.2) is 9.18 Å². The van der Waals surface area contributed by atoms with Gasteiger partial charge in [0.15, 0.2) is 0 Å². The molecule has 0 aliphatic carbocycles. The number of ether oxygens (including phenoxy) is 2. The lowest BCUT2D eigenvalue weighted by atomic mass is 9.68. The molecule has 2 amide bonds. The van der Waals surface area contributed by atoms with Gasteiger partial charge >= 0.3 is 5.97 Å². The van der Waals surface area contributed by atoms with E-state index in [4.69, 9.17) is 32.7 Å². The molecule has 2 saturated heterocycles. The number of esters is 1. The van der Waals surface area contributed by atoms with E-state index in [0.29, 0.717) is 41.5 Å². The zero-order valence-corrected chi connectivity index (χ0v) is 28.4. The number of amides is 2. The number of carbonyl (C=O) groups excluding carboxylic acids is 3. The maximum Gasteiger partial charge on any atom is 0.337 e. The van der Waals surface area contributed by atoms with Gasteiger partial charge in [-0.3, -0.25) is 14.5 Å². The van der Waals surface area contributed by atoms with E-state index in [1.54, 1.807) is 60.5 Å². The highest BCUT2D eigenvalue weighted by molar-refractivity contribution is 6.31. The molecule has 3 heterocycles. The third kappa shape index (κ3) is 5.73. The lowest BCUT2D eigenvalue weighted by molar-refractivity contribution is -0.141. The summed E-state index contributed by atoms with van der Waals surface area (Å²) in [5.74, 6) is -2.60. The highest BCUT2D eigenvalue weighted by Crippen LogP contribution is 2.57. The Morgan fingerprint density at radius 1 is 0.959 bits per heavy atom. The van der Waals surface area contributed by atoms with E-state index in [0.717, 1.165) is 16.7 Å². The van der Waals surface area contributed by atoms with Crippen LogP contribution in [0.1, 0.15) is 45.0 Å². The van der Waals surface area contributed by atoms with Gasteiger partial charge in [0.2, 0.25) is 11.8 Å². The summed E-state index contributed by atoms with van der Waals surface area (Å²) in [6.07, 6.45) is 0.767. The minimum atomic E-state index is -1.36. The summed E-state index contributed by atoms with van der Waals surface area (Å²) in [4.78, 5) is 45.5. The number of anilines is 1. The van der Waals surface area contributed by atoms with E-state index in [1.807, 2.05) is 30.3 Å². The third-order valence-electron chi connectivity index (χ3n) is 10.2. The van der Waals surface area contributed by atoms with Crippen molar-refractivity contribution in [2.45, 2.75) is 43.4 Å². The van der Waals surface area contributed by atoms with Crippen LogP contribution in [0, 0.1) is 11.7 Å². The zero-order chi connectivity index (χ0) is 34.4. The summed E-state index contributed by atoms with van der Waals surface area (Å²) in [6.45, 7) is 1.02. The maximum atomic E-state index is 16.3. The molecule has 11 heteroatoms. The van der Waals surface area contributed by atoms with Gasteiger partial charge in [0, 0.05) is 48.7 Å². The van der Waals surface area contributed by atoms with Gasteiger partial charge in [-0.1, -0.05) is 65.7 Å². The number of carbonyl (C=O) groups is 3. The fourth-order valence-corrected chi connectivity index (χ4v) is 8.38. The Morgan fingerprint density at radius 3 is 2.49 bits per heavy atom. The first-order valence-electron chi connectivity index (χ1n) is 16.0. The number of hydrogen-bond donors (Lipinski definition) is 1. The van der Waals surface area contributed by atoms with Crippen molar-refractivity contribution in [3.63, 3.8) is 0 Å². The van der Waals surface area contributed by atoms with Crippen LogP contribution in [0.2, 0.25) is 10.0 Å². The van der Waals surface area contributed by atoms with E-state index in [-0.39, 0.29) is 35.4 Å². The number of benzene rings is 4. The number of halogens is 3. The smallest absolute Gasteiger partial charge is 0.337 e. The van der Waals surface area contributed by atoms with Gasteiger partial charge in [0.05, 0.1) is 30.7 Å². The monoisotopic (exact) mass is 701 g/mol. The number of methoxy groups -OCH3 is 2. The molecule has 252 valence electrons. The van der Waals surface area contributed by atoms with Crippen molar-refractivity contribution < 1.29 is 28.2 Å². The average Bonchev–Trinajstić information content (AvgIpc) is 3.37. The van der Waals surface area contributed by atoms with Crippen LogP contribution in [-0.2, 0) is 33.8 Å². The Morgan fingerprint density at radius 2 is 1.73 bits per heavy atom. The molecule has 3 aliphatic rings. The molecule has 4 aromatic carbocycles. The molecule has 49 heavy (non-hydrogen) atoms. The maximum absolute atomic E-state index is 16.3. The Balaban J connectivity index is 1.36. The molecule has 4 aromatic rings. The van der Waals surface area contributed by atoms with Gasteiger partial charge in [-0.15, -0.1) is 0 Å². The largest absolute Gasteiger partial charge is 0.497 e. The van der Waals surface area contributed by atoms with Crippen molar-refractivity contribution in [3.05, 3.63) is 129 Å². The van der Waals surface area contributed by atoms with Gasteiger partial charge in [0.25, 0.3) is 0 Å². The van der Waals surface area contributed by atoms with Crippen LogP contribution in [-0.4, -0.2) is 59.9 Å². The van der Waals surface area contributed by atoms with Crippen LogP contribution >= 0.6 is 23.2 Å². The molecule has 0 saturated carbocycles. The fourth-order valence-electron chi connectivity index (χ4n) is 8.02. The van der Waals surface area contributed by atoms with Crippen LogP contribution in [0.3, 0.4) is 0 Å². The molecule has 0 radical (unpaired) electrons. The first-order chi connectivity index (χ1) is 23.6. The van der Waals surface area contributed by atoms with Crippen LogP contribution in [0.4, 0.5) is 10.1 Å². The summed E-state index contributed by atoms with van der Waals surface area (Å²) >= 11 is 12.7. The third-order valence-corrected chi connectivity index (χ3v) is 10.7. The number of piperidine rings is 1. The lowest BCUT2D eigenvalue weighted by Crippen LogP contribution is -2.60. The Kier molecular flexibility index (Phi) is 8.85. The Labute approximate surface area is 293 Å². The lowest BCUT2D eigenvalue weighted by Gasteiger charge is -2.45. The SMILES string of the molecule is COC(=O)c1ccc(CN2CCC3[C@@H](C2=O)[C@H](c2cccc(Cl)c2F)C2(Cc4ccc(Cl)cc4NC2=O)N3Cc2cccc(OC)c2)cc1. The second-order valence-corrected chi connectivity index (χ2v) is 13.6. The van der Waals surface area contributed by atoms with Gasteiger partial charge < -0.3 is 19.7 Å². The molecule has 4 atom stereocenters. The molecule has 7 rings (SSSR count). The van der Waals surface area contributed by atoms with Crippen LogP contribution in [0.25, 0.3) is 0 Å². The van der Waals surface area contributed by atoms with Gasteiger partial charge in [-0.2, -0.15) is 0 Å². The van der Waals surface area contributed by atoms with Crippen molar-refractivity contribution in [1.29, 1.82) is 0 Å². The normalized spacial score (nSPS) is 23.2. The molecule has 0 aromatic heterocycles. The van der Waals surface area contributed by atoms with Gasteiger partial charge in [-0.05, 0) is 71.1 Å². The molecule has 1 N–H and O–H groups in total. The molecule has 2 unspecified atom stereocenters.